The molecule has 15 atom stereocenters. The maximum atomic E-state index is 10.5. The summed E-state index contributed by atoms with van der Waals surface area (Å²) in [4.78, 5) is 0. The van der Waals surface area contributed by atoms with Crippen molar-refractivity contribution < 1.29 is 79.9 Å². The number of ether oxygens (including phenoxy) is 5. The van der Waals surface area contributed by atoms with Gasteiger partial charge in [0.05, 0.1) is 19.8 Å². The average molecular weight is 504 g/mol. The summed E-state index contributed by atoms with van der Waals surface area (Å²) in [6, 6.07) is 0. The van der Waals surface area contributed by atoms with Crippen LogP contribution in [0.25, 0.3) is 0 Å². The molecule has 0 amide bonds. The molecular formula is C18H32O16. The van der Waals surface area contributed by atoms with E-state index in [1.807, 2.05) is 0 Å². The van der Waals surface area contributed by atoms with Crippen molar-refractivity contribution in [1.29, 1.82) is 0 Å². The Labute approximate surface area is 192 Å². The van der Waals surface area contributed by atoms with E-state index in [0.717, 1.165) is 0 Å². The molecule has 3 fully saturated rings. The molecule has 0 aromatic heterocycles. The van der Waals surface area contributed by atoms with Crippen molar-refractivity contribution in [3.8, 4) is 0 Å². The molecule has 3 aliphatic heterocycles. The van der Waals surface area contributed by atoms with E-state index < -0.39 is 112 Å². The Morgan fingerprint density at radius 1 is 0.500 bits per heavy atom. The van der Waals surface area contributed by atoms with Gasteiger partial charge in [-0.15, -0.1) is 0 Å². The smallest absolute Gasteiger partial charge is 0.187 e. The summed E-state index contributed by atoms with van der Waals surface area (Å²) in [5.74, 6) is 0. The van der Waals surface area contributed by atoms with Gasteiger partial charge in [-0.2, -0.15) is 0 Å². The molecule has 34 heavy (non-hydrogen) atoms. The third-order valence-electron chi connectivity index (χ3n) is 6.07. The van der Waals surface area contributed by atoms with Crippen LogP contribution in [0.2, 0.25) is 0 Å². The summed E-state index contributed by atoms with van der Waals surface area (Å²) >= 11 is 0. The highest BCUT2D eigenvalue weighted by Gasteiger charge is 2.51. The van der Waals surface area contributed by atoms with Crippen molar-refractivity contribution >= 4 is 0 Å². The van der Waals surface area contributed by atoms with E-state index in [-0.39, 0.29) is 0 Å². The minimum atomic E-state index is -1.82. The predicted molar refractivity (Wildman–Crippen MR) is 101 cm³/mol. The molecular weight excluding hydrogens is 472 g/mol. The summed E-state index contributed by atoms with van der Waals surface area (Å²) < 4.78 is 26.2. The first kappa shape index (κ1) is 27.9. The molecule has 3 saturated heterocycles. The van der Waals surface area contributed by atoms with Crippen LogP contribution in [0.4, 0.5) is 0 Å². The Morgan fingerprint density at radius 3 is 1.65 bits per heavy atom. The van der Waals surface area contributed by atoms with E-state index in [0.29, 0.717) is 0 Å². The van der Waals surface area contributed by atoms with Gasteiger partial charge in [0.2, 0.25) is 0 Å². The standard InChI is InChI=1S/C18H32O16/c19-1-4-7(21)10(24)13(27)18(32-4)34-15-5(2-20)33-17(14(28)11(15)25)30-3-6-8(22)9(23)12(26)16(29)31-6/h4-29H,1-3H2/t4-,5+,6+,7-,8+,9-,10+,11+,12+,13-,14+,15+,16+,17+,18+/m0/s1. The van der Waals surface area contributed by atoms with E-state index in [9.17, 15) is 56.2 Å². The zero-order valence-electron chi connectivity index (χ0n) is 17.7. The largest absolute Gasteiger partial charge is 0.394 e. The Kier molecular flexibility index (Phi) is 9.54. The van der Waals surface area contributed by atoms with Crippen molar-refractivity contribution in [2.45, 2.75) is 92.1 Å². The van der Waals surface area contributed by atoms with Crippen molar-refractivity contribution in [2.24, 2.45) is 0 Å². The molecule has 0 saturated carbocycles. The molecule has 3 rings (SSSR count). The first-order valence-corrected chi connectivity index (χ1v) is 10.6. The lowest BCUT2D eigenvalue weighted by molar-refractivity contribution is -0.363. The molecule has 16 nitrogen and oxygen atoms in total. The van der Waals surface area contributed by atoms with Gasteiger partial charge < -0.3 is 79.9 Å². The normalized spacial score (nSPS) is 52.5. The molecule has 0 bridgehead atoms. The van der Waals surface area contributed by atoms with Crippen LogP contribution in [-0.4, -0.2) is 168 Å². The Bertz CT molecular complexity index is 637. The highest BCUT2D eigenvalue weighted by Crippen LogP contribution is 2.30. The first-order valence-electron chi connectivity index (χ1n) is 10.6. The van der Waals surface area contributed by atoms with Gasteiger partial charge in [0.25, 0.3) is 0 Å². The second-order valence-corrected chi connectivity index (χ2v) is 8.37. The van der Waals surface area contributed by atoms with Crippen molar-refractivity contribution in [1.82, 2.24) is 0 Å². The summed E-state index contributed by atoms with van der Waals surface area (Å²) in [6.45, 7) is -2.09. The van der Waals surface area contributed by atoms with E-state index >= 15 is 0 Å². The zero-order valence-corrected chi connectivity index (χ0v) is 17.7. The van der Waals surface area contributed by atoms with E-state index in [1.165, 1.54) is 0 Å². The minimum absolute atomic E-state index is 0.577. The molecule has 0 radical (unpaired) electrons. The van der Waals surface area contributed by atoms with Crippen LogP contribution < -0.4 is 0 Å². The SMILES string of the molecule is OC[C@@H]1O[C@H](O[C@H]2[C@H](O)[C@@H](O)[C@H](OC[C@H]3O[C@@H](O)[C@H](O)[C@@H](O)[C@@H]3O)O[C@@H]2CO)[C@@H](O)[C@H](O)[C@H]1O. The van der Waals surface area contributed by atoms with E-state index in [2.05, 4.69) is 0 Å². The lowest BCUT2D eigenvalue weighted by Gasteiger charge is -2.46. The summed E-state index contributed by atoms with van der Waals surface area (Å²) in [5, 5.41) is 109. The topological polar surface area (TPSA) is 269 Å². The van der Waals surface area contributed by atoms with Crippen molar-refractivity contribution in [2.75, 3.05) is 19.8 Å². The van der Waals surface area contributed by atoms with Crippen LogP contribution >= 0.6 is 0 Å². The number of aliphatic hydroxyl groups is 11. The first-order chi connectivity index (χ1) is 16.0. The van der Waals surface area contributed by atoms with Crippen LogP contribution in [-0.2, 0) is 23.7 Å². The van der Waals surface area contributed by atoms with Gasteiger partial charge in [-0.05, 0) is 0 Å². The number of aliphatic hydroxyl groups excluding tert-OH is 11. The molecule has 0 aromatic rings. The fourth-order valence-corrected chi connectivity index (χ4v) is 3.95. The lowest BCUT2D eigenvalue weighted by Crippen LogP contribution is -2.65. The van der Waals surface area contributed by atoms with Gasteiger partial charge >= 0.3 is 0 Å². The highest BCUT2D eigenvalue weighted by molar-refractivity contribution is 4.94. The van der Waals surface area contributed by atoms with Gasteiger partial charge in [0.15, 0.2) is 18.9 Å². The number of hydrogen-bond acceptors (Lipinski definition) is 16. The van der Waals surface area contributed by atoms with Crippen LogP contribution in [0.15, 0.2) is 0 Å². The predicted octanol–water partition coefficient (Wildman–Crippen LogP) is -7.57. The Balaban J connectivity index is 1.63. The Hall–Kier alpha value is -0.640. The number of rotatable bonds is 7. The summed E-state index contributed by atoms with van der Waals surface area (Å²) in [6.07, 6.45) is -24.7. The van der Waals surface area contributed by atoms with Crippen LogP contribution in [0, 0.1) is 0 Å². The monoisotopic (exact) mass is 504 g/mol. The fraction of sp³-hybridized carbons (Fsp3) is 1.00. The van der Waals surface area contributed by atoms with Crippen molar-refractivity contribution in [3.63, 3.8) is 0 Å². The molecule has 0 spiro atoms. The zero-order chi connectivity index (χ0) is 25.3. The van der Waals surface area contributed by atoms with Gasteiger partial charge in [-0.1, -0.05) is 0 Å². The summed E-state index contributed by atoms with van der Waals surface area (Å²) in [5.41, 5.74) is 0. The molecule has 16 heteroatoms. The molecule has 11 N–H and O–H groups in total. The van der Waals surface area contributed by atoms with Crippen LogP contribution in [0.3, 0.4) is 0 Å². The molecule has 0 aliphatic carbocycles. The molecule has 3 aliphatic rings. The second kappa shape index (κ2) is 11.6. The molecule has 0 aromatic carbocycles. The van der Waals surface area contributed by atoms with Crippen LogP contribution in [0.5, 0.6) is 0 Å². The molecule has 3 heterocycles. The maximum absolute atomic E-state index is 10.5. The third-order valence-corrected chi connectivity index (χ3v) is 6.07. The van der Waals surface area contributed by atoms with Gasteiger partial charge in [-0.3, -0.25) is 0 Å². The van der Waals surface area contributed by atoms with Crippen LogP contribution in [0.1, 0.15) is 0 Å². The molecule has 200 valence electrons. The lowest BCUT2D eigenvalue weighted by atomic mass is 9.97. The Morgan fingerprint density at radius 2 is 1.03 bits per heavy atom. The molecule has 0 unspecified atom stereocenters. The summed E-state index contributed by atoms with van der Waals surface area (Å²) in [7, 11) is 0. The van der Waals surface area contributed by atoms with Gasteiger partial charge in [-0.25, -0.2) is 0 Å². The van der Waals surface area contributed by atoms with E-state index in [4.69, 9.17) is 23.7 Å². The minimum Gasteiger partial charge on any atom is -0.394 e. The fourth-order valence-electron chi connectivity index (χ4n) is 3.95. The maximum Gasteiger partial charge on any atom is 0.187 e. The highest BCUT2D eigenvalue weighted by atomic mass is 16.7. The quantitative estimate of drug-likeness (QED) is 0.154. The van der Waals surface area contributed by atoms with Gasteiger partial charge in [0, 0.05) is 0 Å². The van der Waals surface area contributed by atoms with E-state index in [1.54, 1.807) is 0 Å². The van der Waals surface area contributed by atoms with Crippen molar-refractivity contribution in [3.05, 3.63) is 0 Å². The number of hydrogen-bond donors (Lipinski definition) is 11. The average Bonchev–Trinajstić information content (AvgIpc) is 2.83. The third kappa shape index (κ3) is 5.52. The van der Waals surface area contributed by atoms with Gasteiger partial charge in [0.1, 0.15) is 73.2 Å². The second-order valence-electron chi connectivity index (χ2n) is 8.37.